The minimum absolute atomic E-state index is 0.248. The Bertz CT molecular complexity index is 407. The van der Waals surface area contributed by atoms with Gasteiger partial charge in [-0.25, -0.2) is 0 Å². The van der Waals surface area contributed by atoms with E-state index in [0.29, 0.717) is 17.9 Å². The molecule has 1 fully saturated rings. The highest BCUT2D eigenvalue weighted by molar-refractivity contribution is 5.78. The Morgan fingerprint density at radius 1 is 0.926 bits per heavy atom. The van der Waals surface area contributed by atoms with Gasteiger partial charge in [-0.05, 0) is 59.3 Å². The molecule has 1 heterocycles. The zero-order valence-electron chi connectivity index (χ0n) is 19.1. The van der Waals surface area contributed by atoms with Crippen molar-refractivity contribution in [3.8, 4) is 0 Å². The molecule has 0 aromatic heterocycles. The summed E-state index contributed by atoms with van der Waals surface area (Å²) in [5.74, 6) is 1.13. The van der Waals surface area contributed by atoms with Crippen molar-refractivity contribution < 1.29 is 9.47 Å². The Labute approximate surface area is 168 Å². The van der Waals surface area contributed by atoms with Crippen LogP contribution in [0.25, 0.3) is 0 Å². The molecule has 1 saturated heterocycles. The average Bonchev–Trinajstić information content (AvgIpc) is 2.60. The highest BCUT2D eigenvalue weighted by atomic mass is 16.6. The number of unbranched alkanes of at least 4 members (excludes halogenated alkanes) is 6. The minimum atomic E-state index is 0.248. The van der Waals surface area contributed by atoms with Crippen LogP contribution in [0.3, 0.4) is 0 Å². The SMILES string of the molecule is CC(C)=NNCCCCCCCCCC1O[C@H](C)C(C)C(C)[C@@H]1OC(C)C. The molecule has 1 N–H and O–H groups in total. The maximum atomic E-state index is 6.34. The molecule has 0 saturated carbocycles. The summed E-state index contributed by atoms with van der Waals surface area (Å²) in [7, 11) is 0. The second-order valence-electron chi connectivity index (χ2n) is 8.98. The van der Waals surface area contributed by atoms with Gasteiger partial charge in [-0.2, -0.15) is 5.10 Å². The van der Waals surface area contributed by atoms with E-state index < -0.39 is 0 Å². The Kier molecular flexibility index (Phi) is 12.3. The van der Waals surface area contributed by atoms with Gasteiger partial charge in [-0.15, -0.1) is 0 Å². The highest BCUT2D eigenvalue weighted by Crippen LogP contribution is 2.35. The second kappa shape index (κ2) is 13.5. The van der Waals surface area contributed by atoms with Gasteiger partial charge in [-0.3, -0.25) is 0 Å². The number of nitrogens with one attached hydrogen (secondary N) is 1. The minimum Gasteiger partial charge on any atom is -0.373 e. The van der Waals surface area contributed by atoms with Gasteiger partial charge in [0.1, 0.15) is 0 Å². The van der Waals surface area contributed by atoms with Crippen LogP contribution in [0.5, 0.6) is 0 Å². The predicted octanol–water partition coefficient (Wildman–Crippen LogP) is 5.95. The van der Waals surface area contributed by atoms with Crippen molar-refractivity contribution in [2.75, 3.05) is 6.54 Å². The first-order chi connectivity index (χ1) is 12.8. The Hall–Kier alpha value is -0.610. The van der Waals surface area contributed by atoms with Gasteiger partial charge in [0.25, 0.3) is 0 Å². The Balaban J connectivity index is 2.15. The van der Waals surface area contributed by atoms with Gasteiger partial charge in [0.05, 0.1) is 24.4 Å². The normalized spacial score (nSPS) is 28.4. The van der Waals surface area contributed by atoms with Crippen molar-refractivity contribution in [2.45, 2.75) is 124 Å². The van der Waals surface area contributed by atoms with Gasteiger partial charge in [0.15, 0.2) is 0 Å². The van der Waals surface area contributed by atoms with Crippen LogP contribution in [-0.2, 0) is 9.47 Å². The van der Waals surface area contributed by atoms with E-state index in [1.165, 1.54) is 44.9 Å². The molecule has 1 aliphatic heterocycles. The third-order valence-electron chi connectivity index (χ3n) is 5.85. The summed E-state index contributed by atoms with van der Waals surface area (Å²) in [6.07, 6.45) is 11.4. The average molecular weight is 383 g/mol. The summed E-state index contributed by atoms with van der Waals surface area (Å²) in [6.45, 7) is 16.2. The van der Waals surface area contributed by atoms with Crippen LogP contribution in [0, 0.1) is 11.8 Å². The molecular weight excluding hydrogens is 336 g/mol. The lowest BCUT2D eigenvalue weighted by molar-refractivity contribution is -0.194. The van der Waals surface area contributed by atoms with Crippen molar-refractivity contribution in [3.05, 3.63) is 0 Å². The molecule has 0 amide bonds. The maximum Gasteiger partial charge on any atom is 0.0869 e. The zero-order chi connectivity index (χ0) is 20.2. The number of hydrogen-bond acceptors (Lipinski definition) is 4. The number of hydrazone groups is 1. The van der Waals surface area contributed by atoms with E-state index in [4.69, 9.17) is 9.47 Å². The molecule has 0 aliphatic carbocycles. The van der Waals surface area contributed by atoms with Crippen molar-refractivity contribution in [1.29, 1.82) is 0 Å². The summed E-state index contributed by atoms with van der Waals surface area (Å²) >= 11 is 0. The molecule has 4 nitrogen and oxygen atoms in total. The first kappa shape index (κ1) is 24.4. The van der Waals surface area contributed by atoms with E-state index in [0.717, 1.165) is 18.7 Å². The van der Waals surface area contributed by atoms with E-state index in [2.05, 4.69) is 45.1 Å². The van der Waals surface area contributed by atoms with Crippen LogP contribution in [0.4, 0.5) is 0 Å². The topological polar surface area (TPSA) is 42.9 Å². The fourth-order valence-corrected chi connectivity index (χ4v) is 3.95. The number of nitrogens with zero attached hydrogens (tertiary/aromatic N) is 1. The highest BCUT2D eigenvalue weighted by Gasteiger charge is 2.40. The number of rotatable bonds is 13. The predicted molar refractivity (Wildman–Crippen MR) is 116 cm³/mol. The molecule has 5 atom stereocenters. The molecule has 1 aliphatic rings. The monoisotopic (exact) mass is 382 g/mol. The first-order valence-electron chi connectivity index (χ1n) is 11.4. The Morgan fingerprint density at radius 2 is 1.52 bits per heavy atom. The first-order valence-corrected chi connectivity index (χ1v) is 11.4. The fourth-order valence-electron chi connectivity index (χ4n) is 3.95. The van der Waals surface area contributed by atoms with Crippen molar-refractivity contribution >= 4 is 5.71 Å². The molecule has 4 heteroatoms. The van der Waals surface area contributed by atoms with Crippen molar-refractivity contribution in [1.82, 2.24) is 5.43 Å². The lowest BCUT2D eigenvalue weighted by Gasteiger charge is -2.44. The standard InChI is InChI=1S/C23H46N2O2/c1-17(2)25-24-16-14-12-10-8-9-11-13-15-22-23(26-18(3)4)20(6)19(5)21(7)27-22/h18-24H,8-16H2,1-7H3/t19?,20?,21-,22?,23+/m1/s1. The van der Waals surface area contributed by atoms with Crippen LogP contribution in [0.1, 0.15) is 99.8 Å². The fraction of sp³-hybridized carbons (Fsp3) is 0.957. The summed E-state index contributed by atoms with van der Waals surface area (Å²) in [6, 6.07) is 0. The van der Waals surface area contributed by atoms with Gasteiger partial charge < -0.3 is 14.9 Å². The van der Waals surface area contributed by atoms with E-state index in [1.807, 2.05) is 13.8 Å². The molecule has 0 spiro atoms. The van der Waals surface area contributed by atoms with Crippen LogP contribution in [-0.4, -0.2) is 36.7 Å². The summed E-state index contributed by atoms with van der Waals surface area (Å²) in [5, 5.41) is 4.21. The van der Waals surface area contributed by atoms with Gasteiger partial charge in [-0.1, -0.05) is 52.4 Å². The molecule has 3 unspecified atom stereocenters. The van der Waals surface area contributed by atoms with Gasteiger partial charge >= 0.3 is 0 Å². The molecule has 160 valence electrons. The summed E-state index contributed by atoms with van der Waals surface area (Å²) < 4.78 is 12.6. The van der Waals surface area contributed by atoms with Gasteiger partial charge in [0, 0.05) is 12.3 Å². The van der Waals surface area contributed by atoms with Gasteiger partial charge in [0.2, 0.25) is 0 Å². The lowest BCUT2D eigenvalue weighted by Crippen LogP contribution is -2.50. The van der Waals surface area contributed by atoms with Crippen LogP contribution < -0.4 is 5.43 Å². The van der Waals surface area contributed by atoms with Crippen LogP contribution >= 0.6 is 0 Å². The lowest BCUT2D eigenvalue weighted by atomic mass is 9.80. The maximum absolute atomic E-state index is 6.34. The zero-order valence-corrected chi connectivity index (χ0v) is 19.1. The third-order valence-corrected chi connectivity index (χ3v) is 5.85. The van der Waals surface area contributed by atoms with E-state index in [9.17, 15) is 0 Å². The van der Waals surface area contributed by atoms with Crippen LogP contribution in [0.15, 0.2) is 5.10 Å². The molecular formula is C23H46N2O2. The smallest absolute Gasteiger partial charge is 0.0869 e. The van der Waals surface area contributed by atoms with E-state index in [1.54, 1.807) is 0 Å². The van der Waals surface area contributed by atoms with E-state index >= 15 is 0 Å². The molecule has 0 aromatic carbocycles. The Morgan fingerprint density at radius 3 is 2.11 bits per heavy atom. The van der Waals surface area contributed by atoms with Crippen molar-refractivity contribution in [3.63, 3.8) is 0 Å². The quantitative estimate of drug-likeness (QED) is 0.243. The summed E-state index contributed by atoms with van der Waals surface area (Å²) in [5.41, 5.74) is 4.22. The second-order valence-corrected chi connectivity index (χ2v) is 8.98. The number of ether oxygens (including phenoxy) is 2. The molecule has 27 heavy (non-hydrogen) atoms. The molecule has 1 rings (SSSR count). The summed E-state index contributed by atoms with van der Waals surface area (Å²) in [4.78, 5) is 0. The molecule has 0 aromatic rings. The van der Waals surface area contributed by atoms with Crippen LogP contribution in [0.2, 0.25) is 0 Å². The third kappa shape index (κ3) is 9.94. The number of hydrogen-bond donors (Lipinski definition) is 1. The van der Waals surface area contributed by atoms with E-state index in [-0.39, 0.29) is 18.3 Å². The largest absolute Gasteiger partial charge is 0.373 e. The molecule has 0 radical (unpaired) electrons. The molecule has 0 bridgehead atoms. The van der Waals surface area contributed by atoms with Crippen molar-refractivity contribution in [2.24, 2.45) is 16.9 Å².